The fraction of sp³-hybridized carbons (Fsp3) is 0.500. The van der Waals surface area contributed by atoms with Gasteiger partial charge in [0.2, 0.25) is 5.88 Å². The van der Waals surface area contributed by atoms with Crippen molar-refractivity contribution in [3.05, 3.63) is 17.3 Å². The van der Waals surface area contributed by atoms with Crippen molar-refractivity contribution in [1.82, 2.24) is 10.3 Å². The van der Waals surface area contributed by atoms with Gasteiger partial charge in [-0.2, -0.15) is 0 Å². The van der Waals surface area contributed by atoms with E-state index in [4.69, 9.17) is 14.6 Å². The first-order chi connectivity index (χ1) is 8.62. The van der Waals surface area contributed by atoms with E-state index in [-0.39, 0.29) is 6.54 Å². The quantitative estimate of drug-likeness (QED) is 0.803. The van der Waals surface area contributed by atoms with Gasteiger partial charge in [0.25, 0.3) is 0 Å². The standard InChI is InChI=1S/C12H18N2O4/c1-4-8-7-10(17-2)9(14-11(8)18-3)5-6-13-12(15)16/h7,13H,4-6H2,1-3H3,(H,15,16). The first-order valence-corrected chi connectivity index (χ1v) is 5.69. The fourth-order valence-corrected chi connectivity index (χ4v) is 1.63. The molecule has 0 fully saturated rings. The minimum atomic E-state index is -1.05. The number of nitrogens with one attached hydrogen (secondary N) is 1. The predicted molar refractivity (Wildman–Crippen MR) is 66.5 cm³/mol. The molecule has 100 valence electrons. The van der Waals surface area contributed by atoms with Crippen LogP contribution < -0.4 is 14.8 Å². The van der Waals surface area contributed by atoms with Gasteiger partial charge in [0.05, 0.1) is 19.9 Å². The molecule has 0 aliphatic rings. The smallest absolute Gasteiger partial charge is 0.404 e. The Bertz CT molecular complexity index is 421. The highest BCUT2D eigenvalue weighted by molar-refractivity contribution is 5.64. The van der Waals surface area contributed by atoms with Crippen LogP contribution >= 0.6 is 0 Å². The Hall–Kier alpha value is -1.98. The van der Waals surface area contributed by atoms with Gasteiger partial charge in [-0.1, -0.05) is 6.92 Å². The number of rotatable bonds is 6. The summed E-state index contributed by atoms with van der Waals surface area (Å²) in [6, 6.07) is 1.88. The number of hydrogen-bond donors (Lipinski definition) is 2. The molecule has 1 aromatic heterocycles. The average Bonchev–Trinajstić information content (AvgIpc) is 2.37. The Morgan fingerprint density at radius 2 is 2.17 bits per heavy atom. The van der Waals surface area contributed by atoms with Crippen LogP contribution in [0.1, 0.15) is 18.2 Å². The van der Waals surface area contributed by atoms with Crippen LogP contribution in [0.15, 0.2) is 6.07 Å². The van der Waals surface area contributed by atoms with Crippen molar-refractivity contribution in [1.29, 1.82) is 0 Å². The van der Waals surface area contributed by atoms with Crippen LogP contribution in [0.2, 0.25) is 0 Å². The van der Waals surface area contributed by atoms with Crippen LogP contribution in [0.3, 0.4) is 0 Å². The normalized spacial score (nSPS) is 9.94. The SMILES string of the molecule is CCc1cc(OC)c(CCNC(=O)O)nc1OC. The molecule has 0 aliphatic heterocycles. The van der Waals surface area contributed by atoms with E-state index in [1.165, 1.54) is 0 Å². The highest BCUT2D eigenvalue weighted by Gasteiger charge is 2.12. The van der Waals surface area contributed by atoms with Crippen LogP contribution in [0.5, 0.6) is 11.6 Å². The molecule has 1 heterocycles. The predicted octanol–water partition coefficient (Wildman–Crippen LogP) is 1.47. The molecule has 0 aromatic carbocycles. The maximum absolute atomic E-state index is 10.4. The topological polar surface area (TPSA) is 80.7 Å². The number of amides is 1. The zero-order chi connectivity index (χ0) is 13.5. The van der Waals surface area contributed by atoms with Crippen molar-refractivity contribution in [3.63, 3.8) is 0 Å². The second-order valence-electron chi connectivity index (χ2n) is 3.64. The van der Waals surface area contributed by atoms with Crippen LogP contribution in [0.4, 0.5) is 4.79 Å². The van der Waals surface area contributed by atoms with Gasteiger partial charge in [0, 0.05) is 18.5 Å². The number of carboxylic acid groups (broad SMARTS) is 1. The first-order valence-electron chi connectivity index (χ1n) is 5.69. The number of carbonyl (C=O) groups is 1. The largest absolute Gasteiger partial charge is 0.495 e. The number of aryl methyl sites for hydroxylation is 1. The lowest BCUT2D eigenvalue weighted by molar-refractivity contribution is 0.194. The molecule has 0 aliphatic carbocycles. The monoisotopic (exact) mass is 254 g/mol. The third-order valence-electron chi connectivity index (χ3n) is 2.53. The number of aromatic nitrogens is 1. The van der Waals surface area contributed by atoms with Crippen LogP contribution in [-0.2, 0) is 12.8 Å². The summed E-state index contributed by atoms with van der Waals surface area (Å²) in [5.74, 6) is 1.21. The zero-order valence-corrected chi connectivity index (χ0v) is 10.8. The summed E-state index contributed by atoms with van der Waals surface area (Å²) in [7, 11) is 3.13. The first kappa shape index (κ1) is 14.1. The summed E-state index contributed by atoms with van der Waals surface area (Å²) in [6.45, 7) is 2.29. The molecule has 0 saturated carbocycles. The summed E-state index contributed by atoms with van der Waals surface area (Å²) in [5.41, 5.74) is 1.64. The maximum atomic E-state index is 10.4. The molecular weight excluding hydrogens is 236 g/mol. The van der Waals surface area contributed by atoms with E-state index < -0.39 is 6.09 Å². The van der Waals surface area contributed by atoms with Crippen molar-refractivity contribution in [2.75, 3.05) is 20.8 Å². The summed E-state index contributed by atoms with van der Waals surface area (Å²) in [6.07, 6.45) is 0.196. The van der Waals surface area contributed by atoms with Gasteiger partial charge in [-0.15, -0.1) is 0 Å². The van der Waals surface area contributed by atoms with E-state index in [0.29, 0.717) is 23.7 Å². The Balaban J connectivity index is 2.91. The lowest BCUT2D eigenvalue weighted by Crippen LogP contribution is -2.23. The van der Waals surface area contributed by atoms with E-state index in [1.807, 2.05) is 13.0 Å². The van der Waals surface area contributed by atoms with E-state index in [1.54, 1.807) is 14.2 Å². The molecule has 1 aromatic rings. The summed E-state index contributed by atoms with van der Waals surface area (Å²) in [4.78, 5) is 14.7. The summed E-state index contributed by atoms with van der Waals surface area (Å²) >= 11 is 0. The summed E-state index contributed by atoms with van der Waals surface area (Å²) in [5, 5.41) is 10.8. The number of pyridine rings is 1. The molecule has 6 heteroatoms. The van der Waals surface area contributed by atoms with E-state index in [2.05, 4.69) is 10.3 Å². The molecule has 0 spiro atoms. The molecule has 18 heavy (non-hydrogen) atoms. The van der Waals surface area contributed by atoms with E-state index >= 15 is 0 Å². The third kappa shape index (κ3) is 3.51. The third-order valence-corrected chi connectivity index (χ3v) is 2.53. The minimum Gasteiger partial charge on any atom is -0.495 e. The van der Waals surface area contributed by atoms with Crippen molar-refractivity contribution < 1.29 is 19.4 Å². The molecule has 0 saturated heterocycles. The van der Waals surface area contributed by atoms with Gasteiger partial charge in [0.15, 0.2) is 0 Å². The van der Waals surface area contributed by atoms with Crippen LogP contribution in [0.25, 0.3) is 0 Å². The summed E-state index contributed by atoms with van der Waals surface area (Å²) < 4.78 is 10.5. The lowest BCUT2D eigenvalue weighted by atomic mass is 10.1. The second kappa shape index (κ2) is 6.68. The van der Waals surface area contributed by atoms with Gasteiger partial charge in [0.1, 0.15) is 5.75 Å². The number of hydrogen-bond acceptors (Lipinski definition) is 4. The Kier molecular flexibility index (Phi) is 5.23. The second-order valence-corrected chi connectivity index (χ2v) is 3.64. The molecule has 1 amide bonds. The fourth-order valence-electron chi connectivity index (χ4n) is 1.63. The molecule has 0 atom stereocenters. The molecule has 1 rings (SSSR count). The Morgan fingerprint density at radius 1 is 1.44 bits per heavy atom. The highest BCUT2D eigenvalue weighted by atomic mass is 16.5. The van der Waals surface area contributed by atoms with Gasteiger partial charge in [-0.3, -0.25) is 0 Å². The zero-order valence-electron chi connectivity index (χ0n) is 10.8. The van der Waals surface area contributed by atoms with Gasteiger partial charge < -0.3 is 19.9 Å². The van der Waals surface area contributed by atoms with E-state index in [0.717, 1.165) is 12.0 Å². The van der Waals surface area contributed by atoms with Crippen molar-refractivity contribution in [2.24, 2.45) is 0 Å². The van der Waals surface area contributed by atoms with Crippen LogP contribution in [0, 0.1) is 0 Å². The lowest BCUT2D eigenvalue weighted by Gasteiger charge is -2.12. The van der Waals surface area contributed by atoms with Gasteiger partial charge in [-0.05, 0) is 12.5 Å². The molecule has 0 radical (unpaired) electrons. The van der Waals surface area contributed by atoms with Gasteiger partial charge in [-0.25, -0.2) is 9.78 Å². The van der Waals surface area contributed by atoms with Crippen molar-refractivity contribution >= 4 is 6.09 Å². The average molecular weight is 254 g/mol. The molecule has 6 nitrogen and oxygen atoms in total. The van der Waals surface area contributed by atoms with Crippen molar-refractivity contribution in [2.45, 2.75) is 19.8 Å². The van der Waals surface area contributed by atoms with Crippen molar-refractivity contribution in [3.8, 4) is 11.6 Å². The Labute approximate surface area is 106 Å². The number of nitrogens with zero attached hydrogens (tertiary/aromatic N) is 1. The van der Waals surface area contributed by atoms with E-state index in [9.17, 15) is 4.79 Å². The molecule has 2 N–H and O–H groups in total. The molecule has 0 bridgehead atoms. The van der Waals surface area contributed by atoms with Gasteiger partial charge >= 0.3 is 6.09 Å². The molecular formula is C12H18N2O4. The van der Waals surface area contributed by atoms with Crippen LogP contribution in [-0.4, -0.2) is 36.9 Å². The maximum Gasteiger partial charge on any atom is 0.404 e. The number of ether oxygens (including phenoxy) is 2. The number of methoxy groups -OCH3 is 2. The highest BCUT2D eigenvalue weighted by Crippen LogP contribution is 2.25. The molecule has 0 unspecified atom stereocenters. The minimum absolute atomic E-state index is 0.285. The Morgan fingerprint density at radius 3 is 2.67 bits per heavy atom.